The van der Waals surface area contributed by atoms with E-state index in [0.29, 0.717) is 17.1 Å². The first-order valence-electron chi connectivity index (χ1n) is 6.65. The van der Waals surface area contributed by atoms with Crippen LogP contribution in [0.4, 0.5) is 0 Å². The van der Waals surface area contributed by atoms with Crippen LogP contribution in [0.1, 0.15) is 21.5 Å². The maximum atomic E-state index is 12.2. The van der Waals surface area contributed by atoms with Gasteiger partial charge in [-0.1, -0.05) is 24.3 Å². The van der Waals surface area contributed by atoms with Gasteiger partial charge in [0.15, 0.2) is 5.78 Å². The van der Waals surface area contributed by atoms with Crippen LogP contribution in [-0.4, -0.2) is 20.0 Å². The summed E-state index contributed by atoms with van der Waals surface area (Å²) in [6.45, 7) is 1.93. The van der Waals surface area contributed by atoms with Gasteiger partial charge in [0.25, 0.3) is 0 Å². The van der Waals surface area contributed by atoms with Crippen molar-refractivity contribution >= 4 is 11.9 Å². The summed E-state index contributed by atoms with van der Waals surface area (Å²) in [5.41, 5.74) is 2.51. The molecule has 0 aliphatic carbocycles. The average molecular weight is 282 g/mol. The van der Waals surface area contributed by atoms with E-state index in [4.69, 9.17) is 9.47 Å². The van der Waals surface area contributed by atoms with Gasteiger partial charge >= 0.3 is 0 Å². The Hall–Kier alpha value is -2.55. The molecule has 108 valence electrons. The van der Waals surface area contributed by atoms with Gasteiger partial charge in [-0.3, -0.25) is 4.79 Å². The topological polar surface area (TPSA) is 35.5 Å². The third-order valence-electron chi connectivity index (χ3n) is 3.27. The van der Waals surface area contributed by atoms with E-state index < -0.39 is 0 Å². The molecule has 0 radical (unpaired) electrons. The van der Waals surface area contributed by atoms with Gasteiger partial charge in [-0.25, -0.2) is 0 Å². The number of hydrogen-bond donors (Lipinski definition) is 0. The van der Waals surface area contributed by atoms with Crippen LogP contribution in [0, 0.1) is 6.92 Å². The summed E-state index contributed by atoms with van der Waals surface area (Å²) in [6, 6.07) is 13.0. The van der Waals surface area contributed by atoms with Gasteiger partial charge in [0, 0.05) is 17.2 Å². The van der Waals surface area contributed by atoms with E-state index in [1.54, 1.807) is 32.4 Å². The molecule has 2 aromatic rings. The second-order valence-corrected chi connectivity index (χ2v) is 4.62. The quantitative estimate of drug-likeness (QED) is 0.616. The molecular weight excluding hydrogens is 264 g/mol. The van der Waals surface area contributed by atoms with Crippen LogP contribution in [0.25, 0.3) is 6.08 Å². The highest BCUT2D eigenvalue weighted by Gasteiger charge is 2.06. The maximum absolute atomic E-state index is 12.2. The number of allylic oxidation sites excluding steroid dienone is 1. The first-order valence-corrected chi connectivity index (χ1v) is 6.65. The van der Waals surface area contributed by atoms with Crippen molar-refractivity contribution in [3.05, 3.63) is 65.2 Å². The van der Waals surface area contributed by atoms with Gasteiger partial charge in [0.1, 0.15) is 11.5 Å². The molecule has 0 atom stereocenters. The van der Waals surface area contributed by atoms with Crippen molar-refractivity contribution in [3.8, 4) is 11.5 Å². The highest BCUT2D eigenvalue weighted by atomic mass is 16.5. The van der Waals surface area contributed by atoms with Gasteiger partial charge in [0.2, 0.25) is 0 Å². The summed E-state index contributed by atoms with van der Waals surface area (Å²) in [5, 5.41) is 0. The fraction of sp³-hybridized carbons (Fsp3) is 0.167. The number of hydrogen-bond acceptors (Lipinski definition) is 3. The molecule has 0 saturated carbocycles. The fourth-order valence-corrected chi connectivity index (χ4v) is 2.06. The molecular formula is C18H18O3. The number of methoxy groups -OCH3 is 2. The lowest BCUT2D eigenvalue weighted by Crippen LogP contribution is -1.97. The normalized spacial score (nSPS) is 10.6. The minimum Gasteiger partial charge on any atom is -0.497 e. The van der Waals surface area contributed by atoms with Crippen LogP contribution in [0.5, 0.6) is 11.5 Å². The predicted octanol–water partition coefficient (Wildman–Crippen LogP) is 3.91. The first-order chi connectivity index (χ1) is 10.2. The van der Waals surface area contributed by atoms with Gasteiger partial charge < -0.3 is 9.47 Å². The largest absolute Gasteiger partial charge is 0.497 e. The van der Waals surface area contributed by atoms with Crippen LogP contribution in [-0.2, 0) is 0 Å². The van der Waals surface area contributed by atoms with Gasteiger partial charge in [-0.05, 0) is 36.8 Å². The lowest BCUT2D eigenvalue weighted by Gasteiger charge is -2.07. The number of ether oxygens (including phenoxy) is 2. The van der Waals surface area contributed by atoms with Crippen LogP contribution in [0.15, 0.2) is 48.5 Å². The molecule has 0 aliphatic heterocycles. The second-order valence-electron chi connectivity index (χ2n) is 4.62. The number of rotatable bonds is 5. The predicted molar refractivity (Wildman–Crippen MR) is 84.1 cm³/mol. The third kappa shape index (κ3) is 3.51. The van der Waals surface area contributed by atoms with E-state index in [9.17, 15) is 4.79 Å². The highest BCUT2D eigenvalue weighted by molar-refractivity contribution is 6.07. The second kappa shape index (κ2) is 6.75. The number of benzene rings is 2. The number of carbonyl (C=O) groups is 1. The summed E-state index contributed by atoms with van der Waals surface area (Å²) in [5.74, 6) is 1.36. The molecule has 2 aromatic carbocycles. The van der Waals surface area contributed by atoms with E-state index in [0.717, 1.165) is 11.1 Å². The SMILES string of the molecule is COc1ccc(/C=C/C(=O)c2ccccc2C)c(OC)c1. The Bertz CT molecular complexity index is 672. The molecule has 0 bridgehead atoms. The molecule has 0 unspecified atom stereocenters. The Labute approximate surface area is 124 Å². The Morgan fingerprint density at radius 3 is 2.48 bits per heavy atom. The summed E-state index contributed by atoms with van der Waals surface area (Å²) >= 11 is 0. The Balaban J connectivity index is 2.25. The van der Waals surface area contributed by atoms with E-state index in [1.165, 1.54) is 0 Å². The van der Waals surface area contributed by atoms with Crippen molar-refractivity contribution in [1.29, 1.82) is 0 Å². The lowest BCUT2D eigenvalue weighted by molar-refractivity contribution is 0.104. The van der Waals surface area contributed by atoms with Crippen molar-refractivity contribution in [2.45, 2.75) is 6.92 Å². The minimum atomic E-state index is -0.0222. The average Bonchev–Trinajstić information content (AvgIpc) is 2.52. The summed E-state index contributed by atoms with van der Waals surface area (Å²) in [6.07, 6.45) is 3.32. The van der Waals surface area contributed by atoms with Gasteiger partial charge in [-0.15, -0.1) is 0 Å². The number of carbonyl (C=O) groups excluding carboxylic acids is 1. The van der Waals surface area contributed by atoms with Crippen molar-refractivity contribution in [1.82, 2.24) is 0 Å². The molecule has 0 heterocycles. The molecule has 0 N–H and O–H groups in total. The molecule has 0 amide bonds. The van der Waals surface area contributed by atoms with E-state index in [-0.39, 0.29) is 5.78 Å². The fourth-order valence-electron chi connectivity index (χ4n) is 2.06. The number of aryl methyl sites for hydroxylation is 1. The van der Waals surface area contributed by atoms with Gasteiger partial charge in [-0.2, -0.15) is 0 Å². The van der Waals surface area contributed by atoms with Crippen LogP contribution >= 0.6 is 0 Å². The molecule has 21 heavy (non-hydrogen) atoms. The number of ketones is 1. The van der Waals surface area contributed by atoms with Crippen molar-refractivity contribution in [2.24, 2.45) is 0 Å². The first kappa shape index (κ1) is 14.9. The summed E-state index contributed by atoms with van der Waals surface area (Å²) in [7, 11) is 3.20. The monoisotopic (exact) mass is 282 g/mol. The molecule has 0 saturated heterocycles. The zero-order chi connectivity index (χ0) is 15.2. The summed E-state index contributed by atoms with van der Waals surface area (Å²) in [4.78, 5) is 12.2. The van der Waals surface area contributed by atoms with Crippen LogP contribution in [0.2, 0.25) is 0 Å². The molecule has 0 spiro atoms. The van der Waals surface area contributed by atoms with Crippen molar-refractivity contribution < 1.29 is 14.3 Å². The van der Waals surface area contributed by atoms with E-state index in [1.807, 2.05) is 43.3 Å². The standard InChI is InChI=1S/C18H18O3/c1-13-6-4-5-7-16(13)17(19)11-9-14-8-10-15(20-2)12-18(14)21-3/h4-12H,1-3H3/b11-9+. The smallest absolute Gasteiger partial charge is 0.186 e. The van der Waals surface area contributed by atoms with Gasteiger partial charge in [0.05, 0.1) is 14.2 Å². The molecule has 3 nitrogen and oxygen atoms in total. The maximum Gasteiger partial charge on any atom is 0.186 e. The zero-order valence-corrected chi connectivity index (χ0v) is 12.4. The molecule has 0 aromatic heterocycles. The molecule has 0 fully saturated rings. The molecule has 2 rings (SSSR count). The Morgan fingerprint density at radius 1 is 1.05 bits per heavy atom. The Morgan fingerprint density at radius 2 is 1.81 bits per heavy atom. The van der Waals surface area contributed by atoms with Crippen LogP contribution < -0.4 is 9.47 Å². The van der Waals surface area contributed by atoms with E-state index in [2.05, 4.69) is 0 Å². The molecule has 3 heteroatoms. The zero-order valence-electron chi connectivity index (χ0n) is 12.4. The minimum absolute atomic E-state index is 0.0222. The van der Waals surface area contributed by atoms with Crippen molar-refractivity contribution in [3.63, 3.8) is 0 Å². The summed E-state index contributed by atoms with van der Waals surface area (Å²) < 4.78 is 10.5. The van der Waals surface area contributed by atoms with E-state index >= 15 is 0 Å². The Kier molecular flexibility index (Phi) is 4.77. The third-order valence-corrected chi connectivity index (χ3v) is 3.27. The van der Waals surface area contributed by atoms with Crippen molar-refractivity contribution in [2.75, 3.05) is 14.2 Å². The molecule has 0 aliphatic rings. The highest BCUT2D eigenvalue weighted by Crippen LogP contribution is 2.25. The lowest BCUT2D eigenvalue weighted by atomic mass is 10.0. The van der Waals surface area contributed by atoms with Crippen LogP contribution in [0.3, 0.4) is 0 Å².